The molecule has 7 heteroatoms. The van der Waals surface area contributed by atoms with Crippen molar-refractivity contribution in [1.29, 1.82) is 0 Å². The molecule has 0 saturated carbocycles. The van der Waals surface area contributed by atoms with Crippen LogP contribution in [0.4, 0.5) is 10.1 Å². The first kappa shape index (κ1) is 14.0. The van der Waals surface area contributed by atoms with E-state index in [2.05, 4.69) is 5.32 Å². The summed E-state index contributed by atoms with van der Waals surface area (Å²) in [5.41, 5.74) is 0.392. The average molecular weight is 280 g/mol. The Labute approximate surface area is 114 Å². The highest BCUT2D eigenvalue weighted by Gasteiger charge is 2.35. The predicted octanol–water partition coefficient (Wildman–Crippen LogP) is 0.379. The summed E-state index contributed by atoms with van der Waals surface area (Å²) < 4.78 is 13.1. The molecule has 106 valence electrons. The minimum atomic E-state index is -1.15. The number of rotatable bonds is 4. The first-order valence-electron chi connectivity index (χ1n) is 6.03. The zero-order chi connectivity index (χ0) is 14.7. The minimum Gasteiger partial charge on any atom is -0.480 e. The van der Waals surface area contributed by atoms with Gasteiger partial charge in [0.15, 0.2) is 0 Å². The van der Waals surface area contributed by atoms with E-state index >= 15 is 0 Å². The molecule has 1 saturated heterocycles. The normalized spacial score (nSPS) is 18.1. The van der Waals surface area contributed by atoms with Crippen LogP contribution in [0.15, 0.2) is 24.3 Å². The number of anilines is 1. The maximum absolute atomic E-state index is 13.1. The standard InChI is InChI=1S/C13H13FN2O4/c14-9-2-1-3-10(5-9)16-7-8(4-11(16)17)13(20)15-6-12(18)19/h1-3,5,8H,4,6-7H2,(H,15,20)(H,18,19). The number of nitrogens with one attached hydrogen (secondary N) is 1. The molecule has 1 aliphatic heterocycles. The van der Waals surface area contributed by atoms with Gasteiger partial charge in [-0.2, -0.15) is 0 Å². The Balaban J connectivity index is 2.03. The van der Waals surface area contributed by atoms with Crippen molar-refractivity contribution in [1.82, 2.24) is 5.32 Å². The Hall–Kier alpha value is -2.44. The largest absolute Gasteiger partial charge is 0.480 e. The molecule has 2 N–H and O–H groups in total. The highest BCUT2D eigenvalue weighted by Crippen LogP contribution is 2.25. The van der Waals surface area contributed by atoms with Crippen molar-refractivity contribution in [2.24, 2.45) is 5.92 Å². The smallest absolute Gasteiger partial charge is 0.322 e. The molecular weight excluding hydrogens is 267 g/mol. The molecule has 0 aromatic heterocycles. The van der Waals surface area contributed by atoms with Crippen molar-refractivity contribution in [3.05, 3.63) is 30.1 Å². The molecule has 2 rings (SSSR count). The lowest BCUT2D eigenvalue weighted by atomic mass is 10.1. The van der Waals surface area contributed by atoms with Crippen molar-refractivity contribution in [3.63, 3.8) is 0 Å². The van der Waals surface area contributed by atoms with Crippen molar-refractivity contribution >= 4 is 23.5 Å². The van der Waals surface area contributed by atoms with E-state index in [1.54, 1.807) is 6.07 Å². The van der Waals surface area contributed by atoms with E-state index in [9.17, 15) is 18.8 Å². The number of hydrogen-bond acceptors (Lipinski definition) is 3. The van der Waals surface area contributed by atoms with Crippen molar-refractivity contribution < 1.29 is 23.9 Å². The van der Waals surface area contributed by atoms with Gasteiger partial charge in [0.25, 0.3) is 0 Å². The Kier molecular flexibility index (Phi) is 3.97. The lowest BCUT2D eigenvalue weighted by molar-refractivity contribution is -0.138. The number of carbonyl (C=O) groups excluding carboxylic acids is 2. The van der Waals surface area contributed by atoms with Crippen LogP contribution in [0, 0.1) is 11.7 Å². The Morgan fingerprint density at radius 3 is 2.85 bits per heavy atom. The first-order chi connectivity index (χ1) is 9.47. The Morgan fingerprint density at radius 2 is 2.20 bits per heavy atom. The molecule has 1 aliphatic rings. The summed E-state index contributed by atoms with van der Waals surface area (Å²) in [5, 5.41) is 10.7. The number of halogens is 1. The van der Waals surface area contributed by atoms with Crippen molar-refractivity contribution in [2.45, 2.75) is 6.42 Å². The van der Waals surface area contributed by atoms with Gasteiger partial charge in [-0.05, 0) is 18.2 Å². The summed E-state index contributed by atoms with van der Waals surface area (Å²) >= 11 is 0. The molecule has 1 atom stereocenters. The molecule has 1 unspecified atom stereocenters. The average Bonchev–Trinajstić information content (AvgIpc) is 2.78. The van der Waals surface area contributed by atoms with Crippen LogP contribution in [0.25, 0.3) is 0 Å². The number of carboxylic acids is 1. The lowest BCUT2D eigenvalue weighted by Gasteiger charge is -2.16. The molecule has 0 radical (unpaired) electrons. The summed E-state index contributed by atoms with van der Waals surface area (Å²) in [5.74, 6) is -3.01. The summed E-state index contributed by atoms with van der Waals surface area (Å²) in [6.07, 6.45) is -0.0119. The number of aliphatic carboxylic acids is 1. The number of benzene rings is 1. The van der Waals surface area contributed by atoms with Crippen molar-refractivity contribution in [3.8, 4) is 0 Å². The van der Waals surface area contributed by atoms with E-state index < -0.39 is 30.2 Å². The molecule has 1 aromatic rings. The second kappa shape index (κ2) is 5.68. The van der Waals surface area contributed by atoms with E-state index in [0.29, 0.717) is 5.69 Å². The molecule has 0 aliphatic carbocycles. The van der Waals surface area contributed by atoms with Crippen LogP contribution in [0.3, 0.4) is 0 Å². The van der Waals surface area contributed by atoms with Gasteiger partial charge < -0.3 is 15.3 Å². The molecule has 20 heavy (non-hydrogen) atoms. The van der Waals surface area contributed by atoms with E-state index in [1.807, 2.05) is 0 Å². The van der Waals surface area contributed by atoms with Crippen LogP contribution in [0.2, 0.25) is 0 Å². The zero-order valence-corrected chi connectivity index (χ0v) is 10.5. The third-order valence-corrected chi connectivity index (χ3v) is 3.03. The Bertz CT molecular complexity index is 561. The first-order valence-corrected chi connectivity index (χ1v) is 6.03. The molecule has 1 aromatic carbocycles. The quantitative estimate of drug-likeness (QED) is 0.834. The van der Waals surface area contributed by atoms with Crippen LogP contribution in [-0.2, 0) is 14.4 Å². The van der Waals surface area contributed by atoms with Gasteiger partial charge in [-0.1, -0.05) is 6.07 Å². The molecule has 0 bridgehead atoms. The van der Waals surface area contributed by atoms with Gasteiger partial charge in [0.2, 0.25) is 11.8 Å². The third-order valence-electron chi connectivity index (χ3n) is 3.03. The van der Waals surface area contributed by atoms with E-state index in [-0.39, 0.29) is 18.9 Å². The number of amides is 2. The number of carbonyl (C=O) groups is 3. The predicted molar refractivity (Wildman–Crippen MR) is 67.5 cm³/mol. The minimum absolute atomic E-state index is 0.0119. The molecule has 0 spiro atoms. The Morgan fingerprint density at radius 1 is 1.45 bits per heavy atom. The fourth-order valence-electron chi connectivity index (χ4n) is 2.08. The van der Waals surface area contributed by atoms with E-state index in [4.69, 9.17) is 5.11 Å². The van der Waals surface area contributed by atoms with E-state index in [0.717, 1.165) is 0 Å². The molecule has 1 fully saturated rings. The molecule has 6 nitrogen and oxygen atoms in total. The summed E-state index contributed by atoms with van der Waals surface area (Å²) in [6.45, 7) is -0.364. The second-order valence-corrected chi connectivity index (χ2v) is 4.50. The monoisotopic (exact) mass is 280 g/mol. The molecular formula is C13H13FN2O4. The van der Waals surface area contributed by atoms with Crippen LogP contribution < -0.4 is 10.2 Å². The van der Waals surface area contributed by atoms with Gasteiger partial charge in [0.1, 0.15) is 12.4 Å². The van der Waals surface area contributed by atoms with E-state index in [1.165, 1.54) is 23.1 Å². The highest BCUT2D eigenvalue weighted by atomic mass is 19.1. The number of hydrogen-bond donors (Lipinski definition) is 2. The number of carboxylic acid groups (broad SMARTS) is 1. The van der Waals surface area contributed by atoms with Crippen LogP contribution in [0.5, 0.6) is 0 Å². The van der Waals surface area contributed by atoms with Crippen molar-refractivity contribution in [2.75, 3.05) is 18.0 Å². The summed E-state index contributed by atoms with van der Waals surface area (Å²) in [7, 11) is 0. The lowest BCUT2D eigenvalue weighted by Crippen LogP contribution is -2.36. The third kappa shape index (κ3) is 3.11. The van der Waals surface area contributed by atoms with Gasteiger partial charge >= 0.3 is 5.97 Å². The SMILES string of the molecule is O=C(O)CNC(=O)C1CC(=O)N(c2cccc(F)c2)C1. The second-order valence-electron chi connectivity index (χ2n) is 4.50. The van der Waals surface area contributed by atoms with Crippen LogP contribution in [0.1, 0.15) is 6.42 Å². The molecule has 1 heterocycles. The fraction of sp³-hybridized carbons (Fsp3) is 0.308. The summed E-state index contributed by atoms with van der Waals surface area (Å²) in [6, 6.07) is 5.55. The zero-order valence-electron chi connectivity index (χ0n) is 10.5. The number of nitrogens with zero attached hydrogens (tertiary/aromatic N) is 1. The summed E-state index contributed by atoms with van der Waals surface area (Å²) in [4.78, 5) is 35.3. The maximum Gasteiger partial charge on any atom is 0.322 e. The van der Waals surface area contributed by atoms with Gasteiger partial charge in [-0.15, -0.1) is 0 Å². The maximum atomic E-state index is 13.1. The fourth-order valence-corrected chi connectivity index (χ4v) is 2.08. The highest BCUT2D eigenvalue weighted by molar-refractivity contribution is 6.00. The van der Waals surface area contributed by atoms with Crippen LogP contribution >= 0.6 is 0 Å². The molecule has 2 amide bonds. The van der Waals surface area contributed by atoms with Gasteiger partial charge in [0, 0.05) is 18.7 Å². The van der Waals surface area contributed by atoms with Crippen LogP contribution in [-0.4, -0.2) is 36.0 Å². The topological polar surface area (TPSA) is 86.7 Å². The van der Waals surface area contributed by atoms with Gasteiger partial charge in [-0.25, -0.2) is 4.39 Å². The van der Waals surface area contributed by atoms with Gasteiger partial charge in [-0.3, -0.25) is 14.4 Å². The van der Waals surface area contributed by atoms with Gasteiger partial charge in [0.05, 0.1) is 5.92 Å².